The van der Waals surface area contributed by atoms with Crippen LogP contribution in [-0.4, -0.2) is 28.3 Å². The molecule has 2 rings (SSSR count). The van der Waals surface area contributed by atoms with Gasteiger partial charge >= 0.3 is 0 Å². The maximum Gasteiger partial charge on any atom is 0.243 e. The van der Waals surface area contributed by atoms with E-state index >= 15 is 0 Å². The molecule has 0 spiro atoms. The Kier molecular flexibility index (Phi) is 7.80. The van der Waals surface area contributed by atoms with Crippen molar-refractivity contribution >= 4 is 23.4 Å². The molecule has 1 N–H and O–H groups in total. The molecule has 2 aromatic carbocycles. The first-order chi connectivity index (χ1) is 13.6. The van der Waals surface area contributed by atoms with Crippen molar-refractivity contribution in [2.75, 3.05) is 0 Å². The smallest absolute Gasteiger partial charge is 0.243 e. The van der Waals surface area contributed by atoms with Crippen molar-refractivity contribution in [3.63, 3.8) is 0 Å². The minimum absolute atomic E-state index is 0.142. The summed E-state index contributed by atoms with van der Waals surface area (Å²) in [5.74, 6) is -1.11. The van der Waals surface area contributed by atoms with Gasteiger partial charge in [-0.05, 0) is 44.9 Å². The van der Waals surface area contributed by atoms with Gasteiger partial charge in [0.1, 0.15) is 11.9 Å². The molecule has 29 heavy (non-hydrogen) atoms. The first-order valence-corrected chi connectivity index (χ1v) is 10.1. The van der Waals surface area contributed by atoms with Crippen molar-refractivity contribution in [3.8, 4) is 0 Å². The zero-order valence-corrected chi connectivity index (χ0v) is 18.1. The Hall–Kier alpha value is -2.40. The van der Waals surface area contributed by atoms with E-state index in [-0.39, 0.29) is 35.4 Å². The Morgan fingerprint density at radius 1 is 1.10 bits per heavy atom. The number of carbonyl (C=O) groups is 2. The van der Waals surface area contributed by atoms with E-state index in [1.807, 2.05) is 58.0 Å². The Labute approximate surface area is 177 Å². The fourth-order valence-electron chi connectivity index (χ4n) is 3.11. The number of hydrogen-bond donors (Lipinski definition) is 1. The molecular weight excluding hydrogens is 391 g/mol. The monoisotopic (exact) mass is 418 g/mol. The third-order valence-corrected chi connectivity index (χ3v) is 4.82. The predicted octanol–water partition coefficient (Wildman–Crippen LogP) is 4.74. The van der Waals surface area contributed by atoms with Gasteiger partial charge in [-0.3, -0.25) is 9.59 Å². The fourth-order valence-corrected chi connectivity index (χ4v) is 3.34. The summed E-state index contributed by atoms with van der Waals surface area (Å²) in [5, 5.41) is 3.14. The molecule has 2 aromatic rings. The highest BCUT2D eigenvalue weighted by molar-refractivity contribution is 6.31. The van der Waals surface area contributed by atoms with E-state index in [0.29, 0.717) is 6.42 Å². The Morgan fingerprint density at radius 2 is 1.76 bits per heavy atom. The van der Waals surface area contributed by atoms with Gasteiger partial charge in [0, 0.05) is 22.7 Å². The Balaban J connectivity index is 2.35. The van der Waals surface area contributed by atoms with Gasteiger partial charge in [-0.15, -0.1) is 0 Å². The first-order valence-electron chi connectivity index (χ1n) is 9.70. The topological polar surface area (TPSA) is 49.4 Å². The maximum absolute atomic E-state index is 14.2. The van der Waals surface area contributed by atoms with Crippen LogP contribution in [0.15, 0.2) is 48.5 Å². The van der Waals surface area contributed by atoms with Crippen LogP contribution in [0.5, 0.6) is 0 Å². The molecule has 1 atom stereocenters. The summed E-state index contributed by atoms with van der Waals surface area (Å²) in [6, 6.07) is 13.1. The van der Waals surface area contributed by atoms with E-state index < -0.39 is 17.4 Å². The molecule has 0 saturated heterocycles. The van der Waals surface area contributed by atoms with Crippen molar-refractivity contribution in [1.29, 1.82) is 0 Å². The minimum Gasteiger partial charge on any atom is -0.350 e. The number of carbonyl (C=O) groups excluding carboxylic acids is 2. The van der Waals surface area contributed by atoms with Gasteiger partial charge in [0.2, 0.25) is 11.8 Å². The molecule has 0 bridgehead atoms. The van der Waals surface area contributed by atoms with Crippen LogP contribution in [0.3, 0.4) is 0 Å². The van der Waals surface area contributed by atoms with Crippen LogP contribution in [-0.2, 0) is 22.6 Å². The Morgan fingerprint density at radius 3 is 2.31 bits per heavy atom. The summed E-state index contributed by atoms with van der Waals surface area (Å²) >= 11 is 6.11. The van der Waals surface area contributed by atoms with Gasteiger partial charge in [0.15, 0.2) is 0 Å². The summed E-state index contributed by atoms with van der Waals surface area (Å²) in [7, 11) is 0. The highest BCUT2D eigenvalue weighted by Gasteiger charge is 2.31. The SMILES string of the molecule is CC[C@H](C(=O)NC(C)(C)C)N(Cc1ccccc1)C(=O)Cc1c(F)cccc1Cl. The largest absolute Gasteiger partial charge is 0.350 e. The molecule has 0 radical (unpaired) electrons. The van der Waals surface area contributed by atoms with Crippen LogP contribution in [0, 0.1) is 5.82 Å². The van der Waals surface area contributed by atoms with Crippen molar-refractivity contribution in [1.82, 2.24) is 10.2 Å². The second kappa shape index (κ2) is 9.88. The molecule has 0 heterocycles. The number of halogens is 2. The molecule has 0 aliphatic heterocycles. The lowest BCUT2D eigenvalue weighted by atomic mass is 10.0. The van der Waals surface area contributed by atoms with Crippen LogP contribution < -0.4 is 5.32 Å². The Bertz CT molecular complexity index is 829. The highest BCUT2D eigenvalue weighted by atomic mass is 35.5. The zero-order chi connectivity index (χ0) is 21.6. The van der Waals surface area contributed by atoms with Crippen molar-refractivity contribution in [2.45, 2.75) is 58.7 Å². The fraction of sp³-hybridized carbons (Fsp3) is 0.391. The van der Waals surface area contributed by atoms with Gasteiger partial charge in [-0.1, -0.05) is 54.9 Å². The van der Waals surface area contributed by atoms with E-state index in [1.165, 1.54) is 17.0 Å². The molecule has 156 valence electrons. The van der Waals surface area contributed by atoms with Crippen molar-refractivity contribution in [3.05, 3.63) is 70.5 Å². The number of nitrogens with one attached hydrogen (secondary N) is 1. The van der Waals surface area contributed by atoms with Crippen molar-refractivity contribution < 1.29 is 14.0 Å². The molecule has 0 unspecified atom stereocenters. The number of hydrogen-bond acceptors (Lipinski definition) is 2. The number of rotatable bonds is 7. The molecule has 0 aromatic heterocycles. The molecule has 0 aliphatic carbocycles. The van der Waals surface area contributed by atoms with E-state index in [9.17, 15) is 14.0 Å². The lowest BCUT2D eigenvalue weighted by molar-refractivity contribution is -0.141. The first kappa shape index (κ1) is 22.9. The van der Waals surface area contributed by atoms with Crippen LogP contribution in [0.25, 0.3) is 0 Å². The summed E-state index contributed by atoms with van der Waals surface area (Å²) in [4.78, 5) is 27.6. The van der Waals surface area contributed by atoms with E-state index in [2.05, 4.69) is 5.32 Å². The molecule has 4 nitrogen and oxygen atoms in total. The number of amides is 2. The van der Waals surface area contributed by atoms with Crippen LogP contribution >= 0.6 is 11.6 Å². The van der Waals surface area contributed by atoms with Crippen LogP contribution in [0.1, 0.15) is 45.2 Å². The normalized spacial score (nSPS) is 12.3. The van der Waals surface area contributed by atoms with E-state index in [0.717, 1.165) is 5.56 Å². The zero-order valence-electron chi connectivity index (χ0n) is 17.3. The summed E-state index contributed by atoms with van der Waals surface area (Å²) in [5.41, 5.74) is 0.603. The second-order valence-corrected chi connectivity index (χ2v) is 8.45. The minimum atomic E-state index is -0.674. The third-order valence-electron chi connectivity index (χ3n) is 4.47. The van der Waals surface area contributed by atoms with Gasteiger partial charge in [0.05, 0.1) is 6.42 Å². The standard InChI is InChI=1S/C23H28ClFN2O2/c1-5-20(22(29)26-23(2,3)4)27(15-16-10-7-6-8-11-16)21(28)14-17-18(24)12-9-13-19(17)25/h6-13,20H,5,14-15H2,1-4H3,(H,26,29)/t20-/m1/s1. The van der Waals surface area contributed by atoms with Crippen LogP contribution in [0.2, 0.25) is 5.02 Å². The third kappa shape index (κ3) is 6.57. The summed E-state index contributed by atoms with van der Waals surface area (Å²) < 4.78 is 14.2. The van der Waals surface area contributed by atoms with Gasteiger partial charge < -0.3 is 10.2 Å². The van der Waals surface area contributed by atoms with Crippen LogP contribution in [0.4, 0.5) is 4.39 Å². The van der Waals surface area contributed by atoms with E-state index in [4.69, 9.17) is 11.6 Å². The maximum atomic E-state index is 14.2. The predicted molar refractivity (Wildman–Crippen MR) is 114 cm³/mol. The van der Waals surface area contributed by atoms with E-state index in [1.54, 1.807) is 6.07 Å². The number of nitrogens with zero attached hydrogens (tertiary/aromatic N) is 1. The molecule has 0 saturated carbocycles. The summed E-state index contributed by atoms with van der Waals surface area (Å²) in [6.45, 7) is 7.77. The lowest BCUT2D eigenvalue weighted by Crippen LogP contribution is -2.53. The van der Waals surface area contributed by atoms with Crippen molar-refractivity contribution in [2.24, 2.45) is 0 Å². The molecule has 0 aliphatic rings. The average Bonchev–Trinajstić information content (AvgIpc) is 2.64. The number of benzene rings is 2. The molecular formula is C23H28ClFN2O2. The average molecular weight is 419 g/mol. The van der Waals surface area contributed by atoms with Gasteiger partial charge in [-0.25, -0.2) is 4.39 Å². The van der Waals surface area contributed by atoms with Gasteiger partial charge in [-0.2, -0.15) is 0 Å². The molecule has 6 heteroatoms. The molecule has 2 amide bonds. The second-order valence-electron chi connectivity index (χ2n) is 8.05. The molecule has 0 fully saturated rings. The highest BCUT2D eigenvalue weighted by Crippen LogP contribution is 2.22. The summed E-state index contributed by atoms with van der Waals surface area (Å²) in [6.07, 6.45) is 0.225. The van der Waals surface area contributed by atoms with Gasteiger partial charge in [0.25, 0.3) is 0 Å². The lowest BCUT2D eigenvalue weighted by Gasteiger charge is -2.33. The quantitative estimate of drug-likeness (QED) is 0.705.